The van der Waals surface area contributed by atoms with E-state index < -0.39 is 0 Å². The molecule has 0 atom stereocenters. The minimum absolute atomic E-state index is 0.528. The first-order valence-corrected chi connectivity index (χ1v) is 9.32. The fourth-order valence-corrected chi connectivity index (χ4v) is 3.83. The van der Waals surface area contributed by atoms with E-state index >= 15 is 0 Å². The number of fused-ring (bicyclic) bond motifs is 1. The second kappa shape index (κ2) is 6.80. The predicted octanol–water partition coefficient (Wildman–Crippen LogP) is 3.92. The number of aromatic nitrogens is 6. The third kappa shape index (κ3) is 3.28. The lowest BCUT2D eigenvalue weighted by atomic mass is 10.0. The van der Waals surface area contributed by atoms with E-state index in [0.29, 0.717) is 11.9 Å². The van der Waals surface area contributed by atoms with E-state index in [4.69, 9.17) is 0 Å². The van der Waals surface area contributed by atoms with E-state index in [9.17, 15) is 0 Å². The summed E-state index contributed by atoms with van der Waals surface area (Å²) < 4.78 is 1.64. The Balaban J connectivity index is 1.71. The number of nitrogens with zero attached hydrogens (tertiary/aromatic N) is 6. The molecule has 0 saturated heterocycles. The van der Waals surface area contributed by atoms with Gasteiger partial charge in [0.2, 0.25) is 5.95 Å². The van der Waals surface area contributed by atoms with Crippen LogP contribution in [-0.2, 0) is 6.42 Å². The Morgan fingerprint density at radius 1 is 1.19 bits per heavy atom. The lowest BCUT2D eigenvalue weighted by molar-refractivity contribution is 0.651. The number of rotatable bonds is 5. The molecule has 4 rings (SSSR count). The van der Waals surface area contributed by atoms with Gasteiger partial charge in [-0.2, -0.15) is 5.10 Å². The van der Waals surface area contributed by atoms with Crippen molar-refractivity contribution in [3.8, 4) is 5.95 Å². The SMILES string of the molecule is Cc1nc(Nc2cnn(-c3ncccn3)c2)c2c(CC(C)C)csc2n1. The Kier molecular flexibility index (Phi) is 4.34. The maximum Gasteiger partial charge on any atom is 0.250 e. The molecule has 4 aromatic heterocycles. The molecule has 0 aliphatic carbocycles. The van der Waals surface area contributed by atoms with Crippen molar-refractivity contribution in [1.29, 1.82) is 0 Å². The highest BCUT2D eigenvalue weighted by Crippen LogP contribution is 2.33. The minimum atomic E-state index is 0.528. The van der Waals surface area contributed by atoms with Gasteiger partial charge in [-0.1, -0.05) is 13.8 Å². The van der Waals surface area contributed by atoms with Crippen molar-refractivity contribution < 1.29 is 0 Å². The van der Waals surface area contributed by atoms with Gasteiger partial charge < -0.3 is 5.32 Å². The molecule has 0 saturated carbocycles. The molecule has 1 N–H and O–H groups in total. The molecular weight excluding hydrogens is 346 g/mol. The van der Waals surface area contributed by atoms with Crippen molar-refractivity contribution >= 4 is 33.1 Å². The first kappa shape index (κ1) is 16.6. The fourth-order valence-electron chi connectivity index (χ4n) is 2.83. The normalized spacial score (nSPS) is 11.4. The zero-order chi connectivity index (χ0) is 18.1. The van der Waals surface area contributed by atoms with Gasteiger partial charge >= 0.3 is 0 Å². The van der Waals surface area contributed by atoms with E-state index in [1.54, 1.807) is 40.7 Å². The molecule has 0 fully saturated rings. The Hall–Kier alpha value is -2.87. The molecule has 4 heterocycles. The smallest absolute Gasteiger partial charge is 0.250 e. The van der Waals surface area contributed by atoms with Gasteiger partial charge in [0.15, 0.2) is 0 Å². The van der Waals surface area contributed by atoms with E-state index in [1.807, 2.05) is 13.1 Å². The van der Waals surface area contributed by atoms with E-state index in [2.05, 4.69) is 49.6 Å². The number of nitrogens with one attached hydrogen (secondary N) is 1. The monoisotopic (exact) mass is 365 g/mol. The molecule has 7 nitrogen and oxygen atoms in total. The number of hydrogen-bond donors (Lipinski definition) is 1. The summed E-state index contributed by atoms with van der Waals surface area (Å²) in [5, 5.41) is 11.0. The largest absolute Gasteiger partial charge is 0.337 e. The van der Waals surface area contributed by atoms with Crippen LogP contribution in [0.1, 0.15) is 25.2 Å². The molecule has 4 aromatic rings. The van der Waals surface area contributed by atoms with Gasteiger partial charge in [-0.25, -0.2) is 24.6 Å². The summed E-state index contributed by atoms with van der Waals surface area (Å²) in [6, 6.07) is 1.78. The van der Waals surface area contributed by atoms with Crippen molar-refractivity contribution in [3.05, 3.63) is 47.6 Å². The predicted molar refractivity (Wildman–Crippen MR) is 103 cm³/mol. The summed E-state index contributed by atoms with van der Waals surface area (Å²) in [5.74, 6) is 2.66. The molecule has 0 amide bonds. The van der Waals surface area contributed by atoms with Gasteiger partial charge in [0, 0.05) is 12.4 Å². The summed E-state index contributed by atoms with van der Waals surface area (Å²) in [5.41, 5.74) is 2.11. The molecule has 8 heteroatoms. The molecule has 0 aliphatic heterocycles. The van der Waals surface area contributed by atoms with Crippen molar-refractivity contribution in [2.45, 2.75) is 27.2 Å². The van der Waals surface area contributed by atoms with Crippen LogP contribution in [0.2, 0.25) is 0 Å². The lowest BCUT2D eigenvalue weighted by Gasteiger charge is -2.09. The Morgan fingerprint density at radius 2 is 2.00 bits per heavy atom. The maximum absolute atomic E-state index is 4.63. The van der Waals surface area contributed by atoms with Crippen molar-refractivity contribution in [2.24, 2.45) is 5.92 Å². The first-order valence-electron chi connectivity index (χ1n) is 8.44. The number of thiophene rings is 1. The topological polar surface area (TPSA) is 81.4 Å². The molecule has 0 spiro atoms. The van der Waals surface area contributed by atoms with E-state index in [0.717, 1.165) is 34.0 Å². The number of anilines is 2. The van der Waals surface area contributed by atoms with Gasteiger partial charge in [0.25, 0.3) is 0 Å². The highest BCUT2D eigenvalue weighted by atomic mass is 32.1. The molecule has 0 unspecified atom stereocenters. The summed E-state index contributed by atoms with van der Waals surface area (Å²) in [4.78, 5) is 18.6. The van der Waals surface area contributed by atoms with Gasteiger partial charge in [0.1, 0.15) is 16.5 Å². The first-order chi connectivity index (χ1) is 12.6. The van der Waals surface area contributed by atoms with Crippen LogP contribution >= 0.6 is 11.3 Å². The number of hydrogen-bond acceptors (Lipinski definition) is 7. The van der Waals surface area contributed by atoms with Gasteiger partial charge in [-0.3, -0.25) is 0 Å². The van der Waals surface area contributed by atoms with E-state index in [-0.39, 0.29) is 0 Å². The van der Waals surface area contributed by atoms with Gasteiger partial charge in [-0.05, 0) is 36.3 Å². The van der Waals surface area contributed by atoms with Crippen LogP contribution in [0, 0.1) is 12.8 Å². The summed E-state index contributed by atoms with van der Waals surface area (Å²) in [6.45, 7) is 6.35. The quantitative estimate of drug-likeness (QED) is 0.577. The summed E-state index contributed by atoms with van der Waals surface area (Å²) in [7, 11) is 0. The minimum Gasteiger partial charge on any atom is -0.337 e. The highest BCUT2D eigenvalue weighted by molar-refractivity contribution is 7.17. The molecule has 132 valence electrons. The van der Waals surface area contributed by atoms with Gasteiger partial charge in [-0.15, -0.1) is 11.3 Å². The summed E-state index contributed by atoms with van der Waals surface area (Å²) >= 11 is 1.66. The molecule has 26 heavy (non-hydrogen) atoms. The van der Waals surface area contributed by atoms with Crippen LogP contribution in [0.25, 0.3) is 16.2 Å². The second-order valence-electron chi connectivity index (χ2n) is 6.51. The maximum atomic E-state index is 4.63. The molecule has 0 bridgehead atoms. The third-order valence-electron chi connectivity index (χ3n) is 3.85. The second-order valence-corrected chi connectivity index (χ2v) is 7.36. The fraction of sp³-hybridized carbons (Fsp3) is 0.278. The third-order valence-corrected chi connectivity index (χ3v) is 4.77. The average Bonchev–Trinajstić information content (AvgIpc) is 3.22. The zero-order valence-electron chi connectivity index (χ0n) is 14.8. The Morgan fingerprint density at radius 3 is 2.77 bits per heavy atom. The van der Waals surface area contributed by atoms with Crippen LogP contribution in [0.4, 0.5) is 11.5 Å². The number of aryl methyl sites for hydroxylation is 1. The zero-order valence-corrected chi connectivity index (χ0v) is 15.7. The van der Waals surface area contributed by atoms with Gasteiger partial charge in [0.05, 0.1) is 23.5 Å². The molecule has 0 radical (unpaired) electrons. The molecule has 0 aromatic carbocycles. The average molecular weight is 365 g/mol. The van der Waals surface area contributed by atoms with Crippen LogP contribution in [0.15, 0.2) is 36.2 Å². The molecule has 0 aliphatic rings. The molecular formula is C18H19N7S. The van der Waals surface area contributed by atoms with Crippen LogP contribution in [0.3, 0.4) is 0 Å². The van der Waals surface area contributed by atoms with Crippen molar-refractivity contribution in [3.63, 3.8) is 0 Å². The van der Waals surface area contributed by atoms with Crippen LogP contribution in [0.5, 0.6) is 0 Å². The lowest BCUT2D eigenvalue weighted by Crippen LogP contribution is -2.01. The van der Waals surface area contributed by atoms with Crippen LogP contribution < -0.4 is 5.32 Å². The van der Waals surface area contributed by atoms with Crippen LogP contribution in [-0.4, -0.2) is 29.7 Å². The standard InChI is InChI=1S/C18H19N7S/c1-11(2)7-13-10-26-17-15(13)16(22-12(3)23-17)24-14-8-21-25(9-14)18-19-5-4-6-20-18/h4-6,8-11H,7H2,1-3H3,(H,22,23,24). The Bertz CT molecular complexity index is 1040. The highest BCUT2D eigenvalue weighted by Gasteiger charge is 2.15. The summed E-state index contributed by atoms with van der Waals surface area (Å²) in [6.07, 6.45) is 7.98. The Labute approximate surface area is 155 Å². The van der Waals surface area contributed by atoms with Crippen molar-refractivity contribution in [2.75, 3.05) is 5.32 Å². The van der Waals surface area contributed by atoms with Crippen molar-refractivity contribution in [1.82, 2.24) is 29.7 Å². The van der Waals surface area contributed by atoms with E-state index in [1.165, 1.54) is 5.56 Å².